The van der Waals surface area contributed by atoms with Gasteiger partial charge in [-0.25, -0.2) is 4.98 Å². The Morgan fingerprint density at radius 2 is 2.35 bits per heavy atom. The summed E-state index contributed by atoms with van der Waals surface area (Å²) in [6, 6.07) is 4.03. The predicted octanol–water partition coefficient (Wildman–Crippen LogP) is 1.93. The van der Waals surface area contributed by atoms with Gasteiger partial charge in [0.25, 0.3) is 0 Å². The fraction of sp³-hybridized carbons (Fsp3) is 0.286. The minimum Gasteiger partial charge on any atom is -0.354 e. The van der Waals surface area contributed by atoms with Crippen molar-refractivity contribution in [3.8, 4) is 0 Å². The van der Waals surface area contributed by atoms with Crippen LogP contribution in [-0.2, 0) is 13.0 Å². The zero-order valence-corrected chi connectivity index (χ0v) is 12.2. The van der Waals surface area contributed by atoms with E-state index < -0.39 is 0 Å². The Morgan fingerprint density at radius 3 is 3.10 bits per heavy atom. The van der Waals surface area contributed by atoms with Crippen LogP contribution in [0.4, 0.5) is 5.82 Å². The number of pyridine rings is 1. The van der Waals surface area contributed by atoms with Crippen LogP contribution in [0.5, 0.6) is 0 Å². The number of hydrogen-bond donors (Lipinski definition) is 1. The molecule has 0 radical (unpaired) electrons. The van der Waals surface area contributed by atoms with Gasteiger partial charge < -0.3 is 10.6 Å². The molecule has 0 fully saturated rings. The lowest BCUT2D eigenvalue weighted by Crippen LogP contribution is -2.19. The Kier molecular flexibility index (Phi) is 3.66. The first kappa shape index (κ1) is 13.1. The molecule has 6 heteroatoms. The van der Waals surface area contributed by atoms with Gasteiger partial charge in [0.2, 0.25) is 0 Å². The van der Waals surface area contributed by atoms with Crippen LogP contribution < -0.4 is 10.6 Å². The predicted molar refractivity (Wildman–Crippen MR) is 82.2 cm³/mol. The fourth-order valence-electron chi connectivity index (χ4n) is 2.34. The van der Waals surface area contributed by atoms with Gasteiger partial charge in [-0.1, -0.05) is 6.07 Å². The molecule has 0 saturated carbocycles. The molecular formula is C14H17N5S. The zero-order valence-electron chi connectivity index (χ0n) is 11.4. The summed E-state index contributed by atoms with van der Waals surface area (Å²) in [5, 5.41) is 2.05. The van der Waals surface area contributed by atoms with Crippen LogP contribution in [0.2, 0.25) is 0 Å². The Labute approximate surface area is 121 Å². The molecule has 3 aromatic rings. The lowest BCUT2D eigenvalue weighted by atomic mass is 10.2. The van der Waals surface area contributed by atoms with Crippen molar-refractivity contribution in [3.63, 3.8) is 0 Å². The smallest absolute Gasteiger partial charge is 0.195 e. The van der Waals surface area contributed by atoms with Crippen molar-refractivity contribution < 1.29 is 0 Å². The minimum atomic E-state index is 0.622. The Balaban J connectivity index is 1.92. The molecule has 0 atom stereocenters. The molecule has 0 bridgehead atoms. The van der Waals surface area contributed by atoms with Crippen LogP contribution in [0, 0.1) is 0 Å². The molecule has 0 unspecified atom stereocenters. The lowest BCUT2D eigenvalue weighted by Gasteiger charge is -2.18. The molecule has 2 N–H and O–H groups in total. The quantitative estimate of drug-likeness (QED) is 0.779. The van der Waals surface area contributed by atoms with E-state index in [0.29, 0.717) is 6.54 Å². The van der Waals surface area contributed by atoms with Crippen LogP contribution in [0.25, 0.3) is 4.96 Å². The van der Waals surface area contributed by atoms with E-state index in [1.807, 2.05) is 17.6 Å². The van der Waals surface area contributed by atoms with Gasteiger partial charge in [-0.05, 0) is 18.2 Å². The second-order valence-electron chi connectivity index (χ2n) is 4.69. The first-order valence-corrected chi connectivity index (χ1v) is 7.42. The average Bonchev–Trinajstić information content (AvgIpc) is 3.03. The maximum Gasteiger partial charge on any atom is 0.195 e. The standard InChI is InChI=1S/C14H17N5S/c1-18(10-11-3-2-6-16-9-11)13-12(4-5-15)19-7-8-20-14(19)17-13/h2-3,6-9H,4-5,10,15H2,1H3. The highest BCUT2D eigenvalue weighted by Gasteiger charge is 2.16. The third kappa shape index (κ3) is 2.39. The normalized spacial score (nSPS) is 11.1. The molecule has 0 spiro atoms. The summed E-state index contributed by atoms with van der Waals surface area (Å²) in [5.74, 6) is 1.01. The summed E-state index contributed by atoms with van der Waals surface area (Å²) in [4.78, 5) is 12.0. The first-order chi connectivity index (χ1) is 9.79. The topological polar surface area (TPSA) is 59.5 Å². The van der Waals surface area contributed by atoms with E-state index in [0.717, 1.165) is 23.7 Å². The summed E-state index contributed by atoms with van der Waals surface area (Å²) in [6.45, 7) is 1.41. The van der Waals surface area contributed by atoms with Gasteiger partial charge >= 0.3 is 0 Å². The van der Waals surface area contributed by atoms with Crippen molar-refractivity contribution >= 4 is 22.1 Å². The molecule has 5 nitrogen and oxygen atoms in total. The van der Waals surface area contributed by atoms with Gasteiger partial charge in [0.1, 0.15) is 0 Å². The van der Waals surface area contributed by atoms with Crippen LogP contribution in [0.1, 0.15) is 11.3 Å². The maximum atomic E-state index is 5.73. The maximum absolute atomic E-state index is 5.73. The second kappa shape index (κ2) is 5.60. The van der Waals surface area contributed by atoms with Crippen LogP contribution >= 0.6 is 11.3 Å². The molecule has 3 rings (SSSR count). The van der Waals surface area contributed by atoms with Crippen molar-refractivity contribution in [1.29, 1.82) is 0 Å². The van der Waals surface area contributed by atoms with Crippen LogP contribution in [0.3, 0.4) is 0 Å². The molecule has 0 aromatic carbocycles. The number of hydrogen-bond acceptors (Lipinski definition) is 5. The number of rotatable bonds is 5. The van der Waals surface area contributed by atoms with E-state index in [2.05, 4.69) is 33.6 Å². The molecule has 104 valence electrons. The van der Waals surface area contributed by atoms with E-state index in [4.69, 9.17) is 10.7 Å². The van der Waals surface area contributed by atoms with Gasteiger partial charge in [-0.3, -0.25) is 9.38 Å². The summed E-state index contributed by atoms with van der Waals surface area (Å²) < 4.78 is 2.13. The van der Waals surface area contributed by atoms with Crippen molar-refractivity contribution in [1.82, 2.24) is 14.4 Å². The van der Waals surface area contributed by atoms with E-state index in [1.165, 1.54) is 11.3 Å². The lowest BCUT2D eigenvalue weighted by molar-refractivity contribution is 0.855. The number of thiazole rings is 1. The third-order valence-electron chi connectivity index (χ3n) is 3.23. The summed E-state index contributed by atoms with van der Waals surface area (Å²) >= 11 is 1.64. The number of nitrogens with zero attached hydrogens (tertiary/aromatic N) is 4. The third-order valence-corrected chi connectivity index (χ3v) is 3.98. The fourth-order valence-corrected chi connectivity index (χ4v) is 3.06. The number of imidazole rings is 1. The number of aromatic nitrogens is 3. The Morgan fingerprint density at radius 1 is 1.45 bits per heavy atom. The SMILES string of the molecule is CN(Cc1cccnc1)c1nc2sccn2c1CCN. The van der Waals surface area contributed by atoms with Crippen molar-refractivity contribution in [2.45, 2.75) is 13.0 Å². The van der Waals surface area contributed by atoms with Gasteiger partial charge in [-0.15, -0.1) is 11.3 Å². The molecule has 0 saturated heterocycles. The molecule has 0 aliphatic rings. The number of anilines is 1. The van der Waals surface area contributed by atoms with Gasteiger partial charge in [0, 0.05) is 44.0 Å². The van der Waals surface area contributed by atoms with Gasteiger partial charge in [-0.2, -0.15) is 0 Å². The highest BCUT2D eigenvalue weighted by molar-refractivity contribution is 7.15. The molecule has 0 aliphatic carbocycles. The van der Waals surface area contributed by atoms with Crippen molar-refractivity contribution in [3.05, 3.63) is 47.4 Å². The van der Waals surface area contributed by atoms with E-state index >= 15 is 0 Å². The molecule has 3 heterocycles. The number of fused-ring (bicyclic) bond motifs is 1. The largest absolute Gasteiger partial charge is 0.354 e. The van der Waals surface area contributed by atoms with Gasteiger partial charge in [0.05, 0.1) is 5.69 Å². The van der Waals surface area contributed by atoms with Crippen LogP contribution in [-0.4, -0.2) is 28.0 Å². The summed E-state index contributed by atoms with van der Waals surface area (Å²) in [5.41, 5.74) is 8.08. The summed E-state index contributed by atoms with van der Waals surface area (Å²) in [7, 11) is 2.06. The van der Waals surface area contributed by atoms with Crippen LogP contribution in [0.15, 0.2) is 36.1 Å². The highest BCUT2D eigenvalue weighted by atomic mass is 32.1. The zero-order chi connectivity index (χ0) is 13.9. The van der Waals surface area contributed by atoms with E-state index in [9.17, 15) is 0 Å². The average molecular weight is 287 g/mol. The molecule has 20 heavy (non-hydrogen) atoms. The van der Waals surface area contributed by atoms with Crippen molar-refractivity contribution in [2.75, 3.05) is 18.5 Å². The second-order valence-corrected chi connectivity index (χ2v) is 5.57. The monoisotopic (exact) mass is 287 g/mol. The highest BCUT2D eigenvalue weighted by Crippen LogP contribution is 2.25. The molecule has 0 aliphatic heterocycles. The Bertz CT molecular complexity index is 688. The van der Waals surface area contributed by atoms with Gasteiger partial charge in [0.15, 0.2) is 10.8 Å². The molecule has 0 amide bonds. The summed E-state index contributed by atoms with van der Waals surface area (Å²) in [6.07, 6.45) is 6.55. The van der Waals surface area contributed by atoms with Crippen molar-refractivity contribution in [2.24, 2.45) is 5.73 Å². The van der Waals surface area contributed by atoms with E-state index in [1.54, 1.807) is 17.5 Å². The molecular weight excluding hydrogens is 270 g/mol. The Hall–Kier alpha value is -1.92. The number of nitrogens with two attached hydrogens (primary N) is 1. The minimum absolute atomic E-state index is 0.622. The molecule has 3 aromatic heterocycles. The van der Waals surface area contributed by atoms with E-state index in [-0.39, 0.29) is 0 Å². The first-order valence-electron chi connectivity index (χ1n) is 6.54.